The molecule has 0 saturated heterocycles. The Morgan fingerprint density at radius 3 is 2.22 bits per heavy atom. The van der Waals surface area contributed by atoms with Gasteiger partial charge in [-0.25, -0.2) is 0 Å². The van der Waals surface area contributed by atoms with Crippen LogP contribution < -0.4 is 5.32 Å². The van der Waals surface area contributed by atoms with Gasteiger partial charge in [-0.05, 0) is 44.0 Å². The number of ketones is 1. The van der Waals surface area contributed by atoms with E-state index in [2.05, 4.69) is 5.32 Å². The SMILES string of the molecule is Cc1ccc(NC(=O)[C@H](C)c2cccc(C(=O)c3ccccc3)c2)c(C)c1. The van der Waals surface area contributed by atoms with E-state index < -0.39 is 0 Å². The predicted octanol–water partition coefficient (Wildman–Crippen LogP) is 5.28. The maximum atomic E-state index is 12.7. The van der Waals surface area contributed by atoms with Crippen LogP contribution in [0.1, 0.15) is 45.5 Å². The first-order valence-electron chi connectivity index (χ1n) is 9.03. The predicted molar refractivity (Wildman–Crippen MR) is 109 cm³/mol. The summed E-state index contributed by atoms with van der Waals surface area (Å²) < 4.78 is 0. The molecule has 0 aromatic heterocycles. The molecule has 1 atom stereocenters. The number of hydrogen-bond donors (Lipinski definition) is 1. The largest absolute Gasteiger partial charge is 0.325 e. The molecule has 1 N–H and O–H groups in total. The Balaban J connectivity index is 1.79. The van der Waals surface area contributed by atoms with E-state index in [-0.39, 0.29) is 17.6 Å². The van der Waals surface area contributed by atoms with E-state index in [1.54, 1.807) is 18.2 Å². The Kier molecular flexibility index (Phi) is 5.51. The molecule has 0 radical (unpaired) electrons. The van der Waals surface area contributed by atoms with Crippen molar-refractivity contribution in [1.82, 2.24) is 0 Å². The van der Waals surface area contributed by atoms with Crippen molar-refractivity contribution in [3.63, 3.8) is 0 Å². The van der Waals surface area contributed by atoms with Crippen molar-refractivity contribution in [2.24, 2.45) is 0 Å². The smallest absolute Gasteiger partial charge is 0.231 e. The molecule has 27 heavy (non-hydrogen) atoms. The monoisotopic (exact) mass is 357 g/mol. The molecule has 0 aliphatic carbocycles. The second kappa shape index (κ2) is 8.00. The molecule has 0 saturated carbocycles. The first-order chi connectivity index (χ1) is 13.0. The highest BCUT2D eigenvalue weighted by molar-refractivity contribution is 6.09. The number of anilines is 1. The summed E-state index contributed by atoms with van der Waals surface area (Å²) in [5.41, 5.74) is 5.05. The number of carbonyl (C=O) groups excluding carboxylic acids is 2. The standard InChI is InChI=1S/C24H23NO2/c1-16-12-13-22(17(2)14-16)25-24(27)18(3)20-10-7-11-21(15-20)23(26)19-8-5-4-6-9-19/h4-15,18H,1-3H3,(H,25,27)/t18-/m1/s1. The Morgan fingerprint density at radius 2 is 1.52 bits per heavy atom. The fourth-order valence-electron chi connectivity index (χ4n) is 3.05. The molecule has 0 spiro atoms. The molecule has 0 unspecified atom stereocenters. The van der Waals surface area contributed by atoms with Gasteiger partial charge in [0, 0.05) is 16.8 Å². The molecule has 0 aliphatic rings. The van der Waals surface area contributed by atoms with Gasteiger partial charge in [0.2, 0.25) is 5.91 Å². The van der Waals surface area contributed by atoms with Crippen LogP contribution in [0.2, 0.25) is 0 Å². The van der Waals surface area contributed by atoms with Gasteiger partial charge in [0.25, 0.3) is 0 Å². The second-order valence-corrected chi connectivity index (χ2v) is 6.85. The highest BCUT2D eigenvalue weighted by Gasteiger charge is 2.18. The van der Waals surface area contributed by atoms with E-state index in [0.29, 0.717) is 11.1 Å². The Bertz CT molecular complexity index is 977. The summed E-state index contributed by atoms with van der Waals surface area (Å²) in [5.74, 6) is -0.500. The minimum absolute atomic E-state index is 0.0422. The number of nitrogens with one attached hydrogen (secondary N) is 1. The molecular formula is C24H23NO2. The number of benzene rings is 3. The van der Waals surface area contributed by atoms with Gasteiger partial charge in [0.05, 0.1) is 5.92 Å². The van der Waals surface area contributed by atoms with Gasteiger partial charge in [-0.3, -0.25) is 9.59 Å². The summed E-state index contributed by atoms with van der Waals surface area (Å²) >= 11 is 0. The van der Waals surface area contributed by atoms with E-state index in [1.165, 1.54) is 0 Å². The lowest BCUT2D eigenvalue weighted by Gasteiger charge is -2.15. The lowest BCUT2D eigenvalue weighted by atomic mass is 9.95. The van der Waals surface area contributed by atoms with Crippen molar-refractivity contribution in [2.75, 3.05) is 5.32 Å². The first kappa shape index (κ1) is 18.6. The van der Waals surface area contributed by atoms with Gasteiger partial charge in [0.1, 0.15) is 0 Å². The number of carbonyl (C=O) groups is 2. The van der Waals surface area contributed by atoms with Crippen LogP contribution in [0.5, 0.6) is 0 Å². The molecule has 3 rings (SSSR count). The minimum atomic E-state index is -0.366. The molecule has 136 valence electrons. The Morgan fingerprint density at radius 1 is 0.815 bits per heavy atom. The lowest BCUT2D eigenvalue weighted by Crippen LogP contribution is -2.19. The van der Waals surface area contributed by atoms with Crippen molar-refractivity contribution in [1.29, 1.82) is 0 Å². The third kappa shape index (κ3) is 4.32. The van der Waals surface area contributed by atoms with E-state index in [1.807, 2.05) is 75.4 Å². The fraction of sp³-hybridized carbons (Fsp3) is 0.167. The lowest BCUT2D eigenvalue weighted by molar-refractivity contribution is -0.117. The van der Waals surface area contributed by atoms with Crippen LogP contribution in [-0.2, 0) is 4.79 Å². The molecule has 0 bridgehead atoms. The van der Waals surface area contributed by atoms with Gasteiger partial charge in [0.15, 0.2) is 5.78 Å². The summed E-state index contributed by atoms with van der Waals surface area (Å²) in [4.78, 5) is 25.4. The average molecular weight is 357 g/mol. The molecule has 1 amide bonds. The third-order valence-corrected chi connectivity index (χ3v) is 4.72. The summed E-state index contributed by atoms with van der Waals surface area (Å²) in [6.07, 6.45) is 0. The average Bonchev–Trinajstić information content (AvgIpc) is 2.69. The topological polar surface area (TPSA) is 46.2 Å². The summed E-state index contributed by atoms with van der Waals surface area (Å²) in [7, 11) is 0. The van der Waals surface area contributed by atoms with Crippen LogP contribution in [0.25, 0.3) is 0 Å². The quantitative estimate of drug-likeness (QED) is 0.632. The van der Waals surface area contributed by atoms with Gasteiger partial charge < -0.3 is 5.32 Å². The highest BCUT2D eigenvalue weighted by atomic mass is 16.2. The minimum Gasteiger partial charge on any atom is -0.325 e. The highest BCUT2D eigenvalue weighted by Crippen LogP contribution is 2.22. The zero-order valence-corrected chi connectivity index (χ0v) is 15.8. The van der Waals surface area contributed by atoms with Gasteiger partial charge in [-0.2, -0.15) is 0 Å². The zero-order valence-electron chi connectivity index (χ0n) is 15.8. The van der Waals surface area contributed by atoms with Crippen LogP contribution >= 0.6 is 0 Å². The zero-order chi connectivity index (χ0) is 19.4. The summed E-state index contributed by atoms with van der Waals surface area (Å²) in [6, 6.07) is 22.4. The van der Waals surface area contributed by atoms with Crippen molar-refractivity contribution in [3.05, 3.63) is 101 Å². The normalized spacial score (nSPS) is 11.7. The number of amides is 1. The maximum Gasteiger partial charge on any atom is 0.231 e. The Labute approximate surface area is 160 Å². The van der Waals surface area contributed by atoms with E-state index in [4.69, 9.17) is 0 Å². The molecule has 0 aliphatic heterocycles. The summed E-state index contributed by atoms with van der Waals surface area (Å²) in [5, 5.41) is 2.99. The van der Waals surface area contributed by atoms with Crippen LogP contribution in [0.4, 0.5) is 5.69 Å². The number of aryl methyl sites for hydroxylation is 2. The summed E-state index contributed by atoms with van der Waals surface area (Å²) in [6.45, 7) is 5.86. The number of rotatable bonds is 5. The van der Waals surface area contributed by atoms with Crippen molar-refractivity contribution < 1.29 is 9.59 Å². The van der Waals surface area contributed by atoms with Crippen LogP contribution in [-0.4, -0.2) is 11.7 Å². The van der Waals surface area contributed by atoms with Crippen molar-refractivity contribution in [3.8, 4) is 0 Å². The third-order valence-electron chi connectivity index (χ3n) is 4.72. The molecule has 0 fully saturated rings. The molecule has 3 heteroatoms. The van der Waals surface area contributed by atoms with Gasteiger partial charge in [-0.15, -0.1) is 0 Å². The fourth-order valence-corrected chi connectivity index (χ4v) is 3.05. The van der Waals surface area contributed by atoms with Crippen LogP contribution in [0.3, 0.4) is 0 Å². The van der Waals surface area contributed by atoms with Gasteiger partial charge in [-0.1, -0.05) is 66.2 Å². The second-order valence-electron chi connectivity index (χ2n) is 6.85. The van der Waals surface area contributed by atoms with Crippen molar-refractivity contribution >= 4 is 17.4 Å². The molecular weight excluding hydrogens is 334 g/mol. The first-order valence-corrected chi connectivity index (χ1v) is 9.03. The van der Waals surface area contributed by atoms with Crippen molar-refractivity contribution in [2.45, 2.75) is 26.7 Å². The Hall–Kier alpha value is -3.20. The van der Waals surface area contributed by atoms with Crippen LogP contribution in [0.15, 0.2) is 72.8 Å². The molecule has 3 nitrogen and oxygen atoms in total. The molecule has 3 aromatic rings. The number of hydrogen-bond acceptors (Lipinski definition) is 2. The van der Waals surface area contributed by atoms with Crippen LogP contribution in [0, 0.1) is 13.8 Å². The maximum absolute atomic E-state index is 12.7. The molecule has 3 aromatic carbocycles. The van der Waals surface area contributed by atoms with E-state index in [0.717, 1.165) is 22.4 Å². The molecule has 0 heterocycles. The van der Waals surface area contributed by atoms with E-state index in [9.17, 15) is 9.59 Å². The van der Waals surface area contributed by atoms with Gasteiger partial charge >= 0.3 is 0 Å². The van der Waals surface area contributed by atoms with E-state index >= 15 is 0 Å².